The van der Waals surface area contributed by atoms with Crippen molar-refractivity contribution in [2.24, 2.45) is 5.73 Å². The van der Waals surface area contributed by atoms with Crippen LogP contribution in [-0.2, 0) is 4.74 Å². The SMILES string of the molecule is COC1CCCN(c2nccc(C(=N)N)n2)C1. The van der Waals surface area contributed by atoms with Crippen LogP contribution in [0.15, 0.2) is 12.3 Å². The molecule has 0 bridgehead atoms. The third-order valence-corrected chi connectivity index (χ3v) is 2.91. The van der Waals surface area contributed by atoms with Gasteiger partial charge in [-0.3, -0.25) is 5.41 Å². The molecule has 1 saturated heterocycles. The normalized spacial score (nSPS) is 20.3. The van der Waals surface area contributed by atoms with Gasteiger partial charge in [0.25, 0.3) is 0 Å². The molecule has 3 N–H and O–H groups in total. The number of nitrogen functional groups attached to an aromatic ring is 1. The molecule has 0 aliphatic carbocycles. The van der Waals surface area contributed by atoms with Crippen LogP contribution < -0.4 is 10.6 Å². The second kappa shape index (κ2) is 5.09. The Morgan fingerprint density at radius 1 is 1.65 bits per heavy atom. The molecule has 6 nitrogen and oxygen atoms in total. The van der Waals surface area contributed by atoms with Crippen LogP contribution in [0, 0.1) is 5.41 Å². The van der Waals surface area contributed by atoms with E-state index in [0.29, 0.717) is 11.6 Å². The molecule has 1 unspecified atom stereocenters. The summed E-state index contributed by atoms with van der Waals surface area (Å²) in [5, 5.41) is 7.37. The van der Waals surface area contributed by atoms with Crippen LogP contribution in [0.3, 0.4) is 0 Å². The monoisotopic (exact) mass is 235 g/mol. The molecule has 0 aromatic carbocycles. The van der Waals surface area contributed by atoms with E-state index in [-0.39, 0.29) is 11.9 Å². The van der Waals surface area contributed by atoms with Crippen LogP contribution in [0.25, 0.3) is 0 Å². The Kier molecular flexibility index (Phi) is 3.53. The van der Waals surface area contributed by atoms with E-state index in [9.17, 15) is 0 Å². The Morgan fingerprint density at radius 2 is 2.47 bits per heavy atom. The minimum atomic E-state index is -0.0334. The van der Waals surface area contributed by atoms with Crippen molar-refractivity contribution in [3.05, 3.63) is 18.0 Å². The number of aromatic nitrogens is 2. The molecule has 0 radical (unpaired) electrons. The number of nitrogens with two attached hydrogens (primary N) is 1. The van der Waals surface area contributed by atoms with Gasteiger partial charge in [-0.15, -0.1) is 0 Å². The zero-order valence-corrected chi connectivity index (χ0v) is 9.89. The Balaban J connectivity index is 2.16. The van der Waals surface area contributed by atoms with E-state index in [2.05, 4.69) is 14.9 Å². The first-order chi connectivity index (χ1) is 8.20. The number of hydrogen-bond acceptors (Lipinski definition) is 5. The van der Waals surface area contributed by atoms with Crippen LogP contribution in [0.1, 0.15) is 18.5 Å². The summed E-state index contributed by atoms with van der Waals surface area (Å²) in [4.78, 5) is 10.6. The van der Waals surface area contributed by atoms with E-state index in [0.717, 1.165) is 25.9 Å². The molecule has 6 heteroatoms. The Bertz CT molecular complexity index is 409. The van der Waals surface area contributed by atoms with E-state index < -0.39 is 0 Å². The number of nitrogens with one attached hydrogen (secondary N) is 1. The highest BCUT2D eigenvalue weighted by Crippen LogP contribution is 2.17. The molecule has 1 fully saturated rings. The van der Waals surface area contributed by atoms with Crippen molar-refractivity contribution in [2.45, 2.75) is 18.9 Å². The summed E-state index contributed by atoms with van der Waals surface area (Å²) >= 11 is 0. The number of nitrogens with zero attached hydrogens (tertiary/aromatic N) is 3. The highest BCUT2D eigenvalue weighted by molar-refractivity contribution is 5.93. The fourth-order valence-electron chi connectivity index (χ4n) is 1.96. The van der Waals surface area contributed by atoms with Crippen LogP contribution in [0.4, 0.5) is 5.95 Å². The predicted octanol–water partition coefficient (Wildman–Crippen LogP) is 0.376. The number of hydrogen-bond donors (Lipinski definition) is 2. The number of piperidine rings is 1. The van der Waals surface area contributed by atoms with Crippen LogP contribution in [-0.4, -0.2) is 42.1 Å². The van der Waals surface area contributed by atoms with Gasteiger partial charge in [-0.1, -0.05) is 0 Å². The molecule has 17 heavy (non-hydrogen) atoms. The lowest BCUT2D eigenvalue weighted by Crippen LogP contribution is -2.40. The van der Waals surface area contributed by atoms with Crippen molar-refractivity contribution in [2.75, 3.05) is 25.1 Å². The fraction of sp³-hybridized carbons (Fsp3) is 0.545. The molecule has 2 heterocycles. The molecule has 0 amide bonds. The molecule has 2 rings (SSSR count). The van der Waals surface area contributed by atoms with Crippen molar-refractivity contribution in [3.8, 4) is 0 Å². The Hall–Kier alpha value is -1.69. The third-order valence-electron chi connectivity index (χ3n) is 2.91. The third kappa shape index (κ3) is 2.71. The predicted molar refractivity (Wildman–Crippen MR) is 65.3 cm³/mol. The summed E-state index contributed by atoms with van der Waals surface area (Å²) in [5.41, 5.74) is 5.88. The van der Waals surface area contributed by atoms with Crippen molar-refractivity contribution in [1.29, 1.82) is 5.41 Å². The second-order valence-corrected chi connectivity index (χ2v) is 4.10. The second-order valence-electron chi connectivity index (χ2n) is 4.10. The molecule has 1 atom stereocenters. The first-order valence-electron chi connectivity index (χ1n) is 5.66. The van der Waals surface area contributed by atoms with Crippen molar-refractivity contribution < 1.29 is 4.74 Å². The molecule has 0 saturated carbocycles. The zero-order valence-electron chi connectivity index (χ0n) is 9.89. The van der Waals surface area contributed by atoms with E-state index in [1.54, 1.807) is 19.4 Å². The van der Waals surface area contributed by atoms with E-state index in [1.165, 1.54) is 0 Å². The number of methoxy groups -OCH3 is 1. The van der Waals surface area contributed by atoms with Gasteiger partial charge in [-0.25, -0.2) is 9.97 Å². The van der Waals surface area contributed by atoms with Crippen LogP contribution in [0.5, 0.6) is 0 Å². The van der Waals surface area contributed by atoms with Gasteiger partial charge in [-0.2, -0.15) is 0 Å². The molecular formula is C11H17N5O. The van der Waals surface area contributed by atoms with Gasteiger partial charge in [0.05, 0.1) is 6.10 Å². The fourth-order valence-corrected chi connectivity index (χ4v) is 1.96. The quantitative estimate of drug-likeness (QED) is 0.584. The smallest absolute Gasteiger partial charge is 0.226 e. The Labute approximate surface area is 100 Å². The van der Waals surface area contributed by atoms with Gasteiger partial charge in [0.15, 0.2) is 0 Å². The highest BCUT2D eigenvalue weighted by atomic mass is 16.5. The Morgan fingerprint density at radius 3 is 3.18 bits per heavy atom. The molecule has 1 aromatic heterocycles. The van der Waals surface area contributed by atoms with Crippen LogP contribution in [0.2, 0.25) is 0 Å². The molecule has 0 spiro atoms. The largest absolute Gasteiger partial charge is 0.382 e. The molecular weight excluding hydrogens is 218 g/mol. The van der Waals surface area contributed by atoms with Crippen molar-refractivity contribution in [1.82, 2.24) is 9.97 Å². The van der Waals surface area contributed by atoms with Gasteiger partial charge >= 0.3 is 0 Å². The lowest BCUT2D eigenvalue weighted by molar-refractivity contribution is 0.0889. The van der Waals surface area contributed by atoms with Gasteiger partial charge in [-0.05, 0) is 18.9 Å². The standard InChI is InChI=1S/C11H17N5O/c1-17-8-3-2-6-16(7-8)11-14-5-4-9(15-11)10(12)13/h4-5,8H,2-3,6-7H2,1H3,(H3,12,13). The minimum absolute atomic E-state index is 0.0334. The van der Waals surface area contributed by atoms with Gasteiger partial charge in [0.1, 0.15) is 11.5 Å². The molecule has 92 valence electrons. The summed E-state index contributed by atoms with van der Waals surface area (Å²) in [6.07, 6.45) is 3.99. The molecule has 1 aliphatic rings. The average Bonchev–Trinajstić information content (AvgIpc) is 2.39. The highest BCUT2D eigenvalue weighted by Gasteiger charge is 2.21. The maximum atomic E-state index is 7.37. The van der Waals surface area contributed by atoms with Gasteiger partial charge < -0.3 is 15.4 Å². The van der Waals surface area contributed by atoms with Crippen molar-refractivity contribution in [3.63, 3.8) is 0 Å². The van der Waals surface area contributed by atoms with E-state index in [1.807, 2.05) is 0 Å². The van der Waals surface area contributed by atoms with Crippen molar-refractivity contribution >= 4 is 11.8 Å². The van der Waals surface area contributed by atoms with Gasteiger partial charge in [0, 0.05) is 26.4 Å². The lowest BCUT2D eigenvalue weighted by atomic mass is 10.1. The summed E-state index contributed by atoms with van der Waals surface area (Å²) < 4.78 is 5.36. The summed E-state index contributed by atoms with van der Waals surface area (Å²) in [6, 6.07) is 1.64. The topological polar surface area (TPSA) is 88.1 Å². The first-order valence-corrected chi connectivity index (χ1v) is 5.66. The number of rotatable bonds is 3. The average molecular weight is 235 g/mol. The van der Waals surface area contributed by atoms with Gasteiger partial charge in [0.2, 0.25) is 5.95 Å². The summed E-state index contributed by atoms with van der Waals surface area (Å²) in [5.74, 6) is 0.591. The van der Waals surface area contributed by atoms with Crippen LogP contribution >= 0.6 is 0 Å². The minimum Gasteiger partial charge on any atom is -0.382 e. The molecule has 1 aromatic rings. The molecule has 1 aliphatic heterocycles. The van der Waals surface area contributed by atoms with E-state index >= 15 is 0 Å². The maximum Gasteiger partial charge on any atom is 0.226 e. The lowest BCUT2D eigenvalue weighted by Gasteiger charge is -2.31. The van der Waals surface area contributed by atoms with E-state index in [4.69, 9.17) is 15.9 Å². The maximum absolute atomic E-state index is 7.37. The number of anilines is 1. The first kappa shape index (κ1) is 11.8. The summed E-state index contributed by atoms with van der Waals surface area (Å²) in [6.45, 7) is 1.71. The summed E-state index contributed by atoms with van der Waals surface area (Å²) in [7, 11) is 1.72. The number of amidine groups is 1. The zero-order chi connectivity index (χ0) is 12.3. The number of ether oxygens (including phenoxy) is 1.